The maximum Gasteiger partial charge on any atom is 0.259 e. The first-order chi connectivity index (χ1) is 12.6. The Kier molecular flexibility index (Phi) is 6.84. The average molecular weight is 358 g/mol. The molecule has 0 atom stereocenters. The largest absolute Gasteiger partial charge is 0.496 e. The van der Waals surface area contributed by atoms with Crippen LogP contribution in [-0.2, 0) is 4.79 Å². The average Bonchev–Trinajstić information content (AvgIpc) is 2.67. The van der Waals surface area contributed by atoms with E-state index in [1.165, 1.54) is 14.2 Å². The molecular weight excluding hydrogens is 336 g/mol. The van der Waals surface area contributed by atoms with E-state index in [9.17, 15) is 9.59 Å². The molecule has 0 aromatic heterocycles. The van der Waals surface area contributed by atoms with E-state index in [1.54, 1.807) is 42.5 Å². The Hall–Kier alpha value is -3.22. The monoisotopic (exact) mass is 358 g/mol. The molecule has 0 heterocycles. The van der Waals surface area contributed by atoms with Crippen LogP contribution in [0.15, 0.2) is 42.5 Å². The lowest BCUT2D eigenvalue weighted by molar-refractivity contribution is -0.115. The van der Waals surface area contributed by atoms with Crippen LogP contribution in [-0.4, -0.2) is 39.2 Å². The summed E-state index contributed by atoms with van der Waals surface area (Å²) in [4.78, 5) is 24.5. The van der Waals surface area contributed by atoms with Crippen molar-refractivity contribution in [1.82, 2.24) is 5.32 Å². The lowest BCUT2D eigenvalue weighted by atomic mass is 10.1. The summed E-state index contributed by atoms with van der Waals surface area (Å²) in [5.41, 5.74) is 0.856. The molecule has 0 radical (unpaired) electrons. The van der Waals surface area contributed by atoms with Gasteiger partial charge in [0.15, 0.2) is 0 Å². The number of benzene rings is 2. The molecule has 7 nitrogen and oxygen atoms in total. The number of ether oxygens (including phenoxy) is 3. The van der Waals surface area contributed by atoms with E-state index < -0.39 is 5.91 Å². The van der Waals surface area contributed by atoms with E-state index in [4.69, 9.17) is 14.2 Å². The van der Waals surface area contributed by atoms with Gasteiger partial charge in [0.2, 0.25) is 5.91 Å². The molecule has 0 bridgehead atoms. The van der Waals surface area contributed by atoms with Gasteiger partial charge in [0, 0.05) is 5.69 Å². The fraction of sp³-hybridized carbons (Fsp3) is 0.263. The van der Waals surface area contributed by atoms with Gasteiger partial charge < -0.3 is 24.8 Å². The fourth-order valence-electron chi connectivity index (χ4n) is 2.33. The molecule has 0 spiro atoms. The van der Waals surface area contributed by atoms with Gasteiger partial charge in [-0.3, -0.25) is 9.59 Å². The van der Waals surface area contributed by atoms with E-state index >= 15 is 0 Å². The molecule has 2 aromatic rings. The maximum atomic E-state index is 12.4. The first-order valence-electron chi connectivity index (χ1n) is 8.11. The number of nitrogens with one attached hydrogen (secondary N) is 2. The highest BCUT2D eigenvalue weighted by Crippen LogP contribution is 2.27. The number of rotatable bonds is 8. The summed E-state index contributed by atoms with van der Waals surface area (Å²) in [5, 5.41) is 5.27. The zero-order valence-corrected chi connectivity index (χ0v) is 15.0. The Morgan fingerprint density at radius 1 is 0.962 bits per heavy atom. The van der Waals surface area contributed by atoms with Crippen LogP contribution < -0.4 is 24.8 Å². The van der Waals surface area contributed by atoms with Gasteiger partial charge in [-0.15, -0.1) is 0 Å². The molecule has 0 aliphatic rings. The van der Waals surface area contributed by atoms with Gasteiger partial charge in [0.25, 0.3) is 5.91 Å². The standard InChI is InChI=1S/C19H22N2O5/c1-4-26-14-10-8-13(9-11-14)21-17(22)12-20-19(23)18-15(24-2)6-5-7-16(18)25-3/h5-11H,4,12H2,1-3H3,(H,20,23)(H,21,22). The van der Waals surface area contributed by atoms with Crippen LogP contribution in [0.3, 0.4) is 0 Å². The Balaban J connectivity index is 1.96. The molecule has 2 rings (SSSR count). The van der Waals surface area contributed by atoms with E-state index in [0.29, 0.717) is 23.8 Å². The molecule has 2 amide bonds. The zero-order valence-electron chi connectivity index (χ0n) is 15.0. The van der Waals surface area contributed by atoms with Crippen molar-refractivity contribution in [2.45, 2.75) is 6.92 Å². The minimum atomic E-state index is -0.457. The Morgan fingerprint density at radius 2 is 1.58 bits per heavy atom. The summed E-state index contributed by atoms with van der Waals surface area (Å²) < 4.78 is 15.7. The molecule has 26 heavy (non-hydrogen) atoms. The fourth-order valence-corrected chi connectivity index (χ4v) is 2.33. The van der Waals surface area contributed by atoms with Gasteiger partial charge in [-0.1, -0.05) is 6.07 Å². The molecular formula is C19H22N2O5. The van der Waals surface area contributed by atoms with Crippen LogP contribution >= 0.6 is 0 Å². The van der Waals surface area contributed by atoms with E-state index in [2.05, 4.69) is 10.6 Å². The Bertz CT molecular complexity index is 737. The number of carbonyl (C=O) groups is 2. The normalized spacial score (nSPS) is 9.96. The lowest BCUT2D eigenvalue weighted by Crippen LogP contribution is -2.33. The van der Waals surface area contributed by atoms with Crippen molar-refractivity contribution in [2.75, 3.05) is 32.7 Å². The Labute approximate surface area is 152 Å². The van der Waals surface area contributed by atoms with Gasteiger partial charge in [-0.2, -0.15) is 0 Å². The van der Waals surface area contributed by atoms with Crippen molar-refractivity contribution >= 4 is 17.5 Å². The molecule has 0 saturated carbocycles. The van der Waals surface area contributed by atoms with Crippen LogP contribution in [0.5, 0.6) is 17.2 Å². The molecule has 0 aliphatic heterocycles. The predicted molar refractivity (Wildman–Crippen MR) is 98.1 cm³/mol. The van der Waals surface area contributed by atoms with Crippen LogP contribution in [0, 0.1) is 0 Å². The van der Waals surface area contributed by atoms with Gasteiger partial charge in [0.05, 0.1) is 27.4 Å². The SMILES string of the molecule is CCOc1ccc(NC(=O)CNC(=O)c2c(OC)cccc2OC)cc1. The van der Waals surface area contributed by atoms with Crippen molar-refractivity contribution in [2.24, 2.45) is 0 Å². The van der Waals surface area contributed by atoms with E-state index in [0.717, 1.165) is 5.75 Å². The predicted octanol–water partition coefficient (Wildman–Crippen LogP) is 2.47. The van der Waals surface area contributed by atoms with E-state index in [-0.39, 0.29) is 18.0 Å². The van der Waals surface area contributed by atoms with Crippen LogP contribution in [0.25, 0.3) is 0 Å². The molecule has 0 aliphatic carbocycles. The third kappa shape index (κ3) is 4.89. The summed E-state index contributed by atoms with van der Waals surface area (Å²) >= 11 is 0. The second kappa shape index (κ2) is 9.31. The van der Waals surface area contributed by atoms with Gasteiger partial charge in [-0.05, 0) is 43.3 Å². The van der Waals surface area contributed by atoms with Crippen LogP contribution in [0.4, 0.5) is 5.69 Å². The molecule has 7 heteroatoms. The van der Waals surface area contributed by atoms with Gasteiger partial charge in [-0.25, -0.2) is 0 Å². The third-order valence-electron chi connectivity index (χ3n) is 3.51. The molecule has 2 N–H and O–H groups in total. The topological polar surface area (TPSA) is 85.9 Å². The quantitative estimate of drug-likeness (QED) is 0.757. The summed E-state index contributed by atoms with van der Waals surface area (Å²) in [6, 6.07) is 12.0. The first kappa shape index (κ1) is 19.1. The zero-order chi connectivity index (χ0) is 18.9. The highest BCUT2D eigenvalue weighted by Gasteiger charge is 2.18. The van der Waals surface area contributed by atoms with Gasteiger partial charge >= 0.3 is 0 Å². The minimum Gasteiger partial charge on any atom is -0.496 e. The maximum absolute atomic E-state index is 12.4. The van der Waals surface area contributed by atoms with E-state index in [1.807, 2.05) is 6.92 Å². The van der Waals surface area contributed by atoms with Crippen molar-refractivity contribution in [3.05, 3.63) is 48.0 Å². The van der Waals surface area contributed by atoms with Crippen molar-refractivity contribution in [1.29, 1.82) is 0 Å². The lowest BCUT2D eigenvalue weighted by Gasteiger charge is -2.13. The molecule has 0 saturated heterocycles. The number of anilines is 1. The second-order valence-electron chi connectivity index (χ2n) is 5.23. The molecule has 138 valence electrons. The molecule has 0 unspecified atom stereocenters. The minimum absolute atomic E-state index is 0.187. The number of hydrogen-bond acceptors (Lipinski definition) is 5. The Morgan fingerprint density at radius 3 is 2.12 bits per heavy atom. The summed E-state index contributed by atoms with van der Waals surface area (Å²) in [6.45, 7) is 2.28. The molecule has 0 fully saturated rings. The number of methoxy groups -OCH3 is 2. The highest BCUT2D eigenvalue weighted by molar-refractivity contribution is 6.02. The summed E-state index contributed by atoms with van der Waals surface area (Å²) in [6.07, 6.45) is 0. The summed E-state index contributed by atoms with van der Waals surface area (Å²) in [5.74, 6) is 0.655. The van der Waals surface area contributed by atoms with Gasteiger partial charge in [0.1, 0.15) is 22.8 Å². The number of hydrogen-bond donors (Lipinski definition) is 2. The molecule has 2 aromatic carbocycles. The number of carbonyl (C=O) groups excluding carboxylic acids is 2. The first-order valence-corrected chi connectivity index (χ1v) is 8.11. The van der Waals surface area contributed by atoms with Crippen LogP contribution in [0.2, 0.25) is 0 Å². The third-order valence-corrected chi connectivity index (χ3v) is 3.51. The number of amides is 2. The highest BCUT2D eigenvalue weighted by atomic mass is 16.5. The van der Waals surface area contributed by atoms with Crippen molar-refractivity contribution in [3.8, 4) is 17.2 Å². The van der Waals surface area contributed by atoms with Crippen molar-refractivity contribution in [3.63, 3.8) is 0 Å². The van der Waals surface area contributed by atoms with Crippen molar-refractivity contribution < 1.29 is 23.8 Å². The second-order valence-corrected chi connectivity index (χ2v) is 5.23. The van der Waals surface area contributed by atoms with Crippen LogP contribution in [0.1, 0.15) is 17.3 Å². The summed E-state index contributed by atoms with van der Waals surface area (Å²) in [7, 11) is 2.92. The smallest absolute Gasteiger partial charge is 0.259 e.